The second-order valence-corrected chi connectivity index (χ2v) is 11.0. The normalized spacial score (nSPS) is 14.7. The van der Waals surface area contributed by atoms with Crippen molar-refractivity contribution in [3.63, 3.8) is 0 Å². The monoisotopic (exact) mass is 594 g/mol. The van der Waals surface area contributed by atoms with Gasteiger partial charge in [0.1, 0.15) is 29.8 Å². The number of Topliss-reactive ketones (excluding diaryl/α,β-unsaturated/α-hetero) is 2. The van der Waals surface area contributed by atoms with E-state index in [0.717, 1.165) is 17.3 Å². The van der Waals surface area contributed by atoms with Crippen LogP contribution in [0, 0.1) is 10.1 Å². The highest BCUT2D eigenvalue weighted by atomic mass is 32.2. The Labute approximate surface area is 248 Å². The number of allylic oxidation sites excluding steroid dienone is 3. The van der Waals surface area contributed by atoms with Crippen LogP contribution in [0.1, 0.15) is 63.5 Å². The summed E-state index contributed by atoms with van der Waals surface area (Å²) in [6, 6.07) is 16.3. The minimum Gasteiger partial charge on any atom is -0.489 e. The summed E-state index contributed by atoms with van der Waals surface area (Å²) in [4.78, 5) is 60.3. The van der Waals surface area contributed by atoms with E-state index in [9.17, 15) is 29.3 Å². The van der Waals surface area contributed by atoms with Gasteiger partial charge < -0.3 is 14.8 Å². The topological polar surface area (TPSA) is 142 Å². The van der Waals surface area contributed by atoms with Crippen LogP contribution in [-0.2, 0) is 30.5 Å². The molecule has 0 aliphatic carbocycles. The average molecular weight is 595 g/mol. The molecule has 1 N–H and O–H groups in total. The summed E-state index contributed by atoms with van der Waals surface area (Å²) < 4.78 is 11.5. The summed E-state index contributed by atoms with van der Waals surface area (Å²) in [6.07, 6.45) is 0.167. The summed E-state index contributed by atoms with van der Waals surface area (Å²) >= 11 is 1.06. The number of hydrogen-bond acceptors (Lipinski definition) is 10. The molecular weight excluding hydrogens is 560 g/mol. The maximum atomic E-state index is 13.4. The average Bonchev–Trinajstić information content (AvgIpc) is 2.94. The first-order valence-electron chi connectivity index (χ1n) is 13.5. The van der Waals surface area contributed by atoms with E-state index < -0.39 is 16.8 Å². The molecule has 0 saturated heterocycles. The quantitative estimate of drug-likeness (QED) is 0.165. The summed E-state index contributed by atoms with van der Waals surface area (Å²) in [5.41, 5.74) is 1.87. The van der Waals surface area contributed by atoms with E-state index in [4.69, 9.17) is 9.47 Å². The Morgan fingerprint density at radius 1 is 0.905 bits per heavy atom. The van der Waals surface area contributed by atoms with Crippen LogP contribution in [0.25, 0.3) is 0 Å². The Balaban J connectivity index is 1.72. The van der Waals surface area contributed by atoms with Gasteiger partial charge in [0.2, 0.25) is 0 Å². The molecule has 10 nitrogen and oxygen atoms in total. The Morgan fingerprint density at radius 2 is 1.55 bits per heavy atom. The van der Waals surface area contributed by atoms with Gasteiger partial charge in [0.15, 0.2) is 5.12 Å². The Bertz CT molecular complexity index is 1400. The molecule has 3 rings (SSSR count). The third-order valence-corrected chi connectivity index (χ3v) is 7.41. The number of ether oxygens (including phenoxy) is 2. The largest absolute Gasteiger partial charge is 0.489 e. The molecule has 2 aromatic rings. The van der Waals surface area contributed by atoms with E-state index in [2.05, 4.69) is 5.32 Å². The summed E-state index contributed by atoms with van der Waals surface area (Å²) in [5.74, 6) is -1.47. The van der Waals surface area contributed by atoms with E-state index in [1.54, 1.807) is 38.1 Å². The molecule has 0 saturated carbocycles. The van der Waals surface area contributed by atoms with Crippen molar-refractivity contribution < 1.29 is 33.6 Å². The molecule has 1 aliphatic heterocycles. The van der Waals surface area contributed by atoms with Gasteiger partial charge in [-0.25, -0.2) is 4.79 Å². The van der Waals surface area contributed by atoms with Crippen molar-refractivity contribution in [2.45, 2.75) is 59.0 Å². The van der Waals surface area contributed by atoms with E-state index >= 15 is 0 Å². The number of esters is 1. The van der Waals surface area contributed by atoms with Gasteiger partial charge in [-0.2, -0.15) is 0 Å². The van der Waals surface area contributed by atoms with Crippen molar-refractivity contribution in [1.82, 2.24) is 5.32 Å². The molecule has 0 bridgehead atoms. The molecule has 1 unspecified atom stereocenters. The van der Waals surface area contributed by atoms with Crippen molar-refractivity contribution in [2.24, 2.45) is 0 Å². The van der Waals surface area contributed by atoms with Crippen LogP contribution in [0.5, 0.6) is 5.75 Å². The number of nitro groups is 1. The maximum absolute atomic E-state index is 13.4. The molecule has 0 radical (unpaired) electrons. The minimum atomic E-state index is -1.08. The lowest BCUT2D eigenvalue weighted by Gasteiger charge is -2.27. The number of carbonyl (C=O) groups excluding carboxylic acids is 4. The number of rotatable bonds is 15. The maximum Gasteiger partial charge on any atom is 0.337 e. The van der Waals surface area contributed by atoms with Crippen LogP contribution in [0.3, 0.4) is 0 Å². The third-order valence-electron chi connectivity index (χ3n) is 6.59. The first kappa shape index (κ1) is 32.3. The lowest BCUT2D eigenvalue weighted by Crippen LogP contribution is -2.32. The first-order valence-corrected chi connectivity index (χ1v) is 14.5. The number of hydrogen-bond donors (Lipinski definition) is 1. The van der Waals surface area contributed by atoms with Gasteiger partial charge in [-0.1, -0.05) is 60.3 Å². The van der Waals surface area contributed by atoms with E-state index in [1.807, 2.05) is 30.3 Å². The first-order chi connectivity index (χ1) is 20.1. The molecule has 222 valence electrons. The molecule has 1 atom stereocenters. The number of carbonyl (C=O) groups is 4. The van der Waals surface area contributed by atoms with Crippen molar-refractivity contribution in [3.8, 4) is 5.75 Å². The van der Waals surface area contributed by atoms with Crippen LogP contribution in [0.2, 0.25) is 0 Å². The number of nitrogens with zero attached hydrogens (tertiary/aromatic N) is 1. The number of para-hydroxylation sites is 1. The number of dihydropyridines is 1. The van der Waals surface area contributed by atoms with Crippen molar-refractivity contribution in [3.05, 3.63) is 98.5 Å². The summed E-state index contributed by atoms with van der Waals surface area (Å²) in [7, 11) is 0. The lowest BCUT2D eigenvalue weighted by molar-refractivity contribution is -0.431. The zero-order chi connectivity index (χ0) is 30.6. The van der Waals surface area contributed by atoms with Gasteiger partial charge in [-0.05, 0) is 25.5 Å². The Hall–Kier alpha value is -4.25. The van der Waals surface area contributed by atoms with Crippen LogP contribution < -0.4 is 10.1 Å². The molecule has 2 aromatic carbocycles. The van der Waals surface area contributed by atoms with E-state index in [1.165, 1.54) is 6.92 Å². The summed E-state index contributed by atoms with van der Waals surface area (Å²) in [5, 5.41) is 15.1. The predicted molar refractivity (Wildman–Crippen MR) is 158 cm³/mol. The molecule has 11 heteroatoms. The molecule has 0 amide bonds. The highest BCUT2D eigenvalue weighted by molar-refractivity contribution is 8.13. The molecular formula is C31H34N2O8S. The molecule has 1 heterocycles. The molecule has 0 spiro atoms. The fourth-order valence-corrected chi connectivity index (χ4v) is 5.17. The molecule has 0 fully saturated rings. The minimum absolute atomic E-state index is 0.00651. The SMILES string of the molecule is CC(=O)SCCC(=O)CCC(=O)CCOC(=O)C1=C(C)NC(C)=C([N+](=O)[O-])C1c1ccccc1OCc1ccccc1. The number of thioether (sulfide) groups is 1. The third kappa shape index (κ3) is 9.13. The Kier molecular flexibility index (Phi) is 12.0. The summed E-state index contributed by atoms with van der Waals surface area (Å²) in [6.45, 7) is 4.62. The van der Waals surface area contributed by atoms with E-state index in [-0.39, 0.29) is 66.8 Å². The van der Waals surface area contributed by atoms with Crippen LogP contribution in [-0.4, -0.2) is 39.9 Å². The Morgan fingerprint density at radius 3 is 2.21 bits per heavy atom. The van der Waals surface area contributed by atoms with E-state index in [0.29, 0.717) is 28.5 Å². The predicted octanol–water partition coefficient (Wildman–Crippen LogP) is 5.26. The van der Waals surface area contributed by atoms with Gasteiger partial charge in [0.25, 0.3) is 5.70 Å². The van der Waals surface area contributed by atoms with Gasteiger partial charge in [0.05, 0.1) is 22.8 Å². The lowest BCUT2D eigenvalue weighted by atomic mass is 9.83. The van der Waals surface area contributed by atoms with Gasteiger partial charge in [-0.15, -0.1) is 0 Å². The fourth-order valence-electron chi connectivity index (χ4n) is 4.56. The smallest absolute Gasteiger partial charge is 0.337 e. The zero-order valence-corrected chi connectivity index (χ0v) is 24.7. The highest BCUT2D eigenvalue weighted by Crippen LogP contribution is 2.42. The van der Waals surface area contributed by atoms with Crippen molar-refractivity contribution >= 4 is 34.4 Å². The fraction of sp³-hybridized carbons (Fsp3) is 0.355. The molecule has 1 aliphatic rings. The zero-order valence-electron chi connectivity index (χ0n) is 23.8. The van der Waals surface area contributed by atoms with Gasteiger partial charge in [0, 0.05) is 49.6 Å². The van der Waals surface area contributed by atoms with Crippen LogP contribution in [0.4, 0.5) is 0 Å². The van der Waals surface area contributed by atoms with Crippen LogP contribution >= 0.6 is 11.8 Å². The number of ketones is 2. The van der Waals surface area contributed by atoms with Crippen molar-refractivity contribution in [2.75, 3.05) is 12.4 Å². The molecule has 0 aromatic heterocycles. The standard InChI is InChI=1S/C31H34N2O8S/c1-20-28(31(37)40-17-15-24(35)13-14-25(36)16-18-42-22(3)34)29(30(33(38)39)21(2)32-20)26-11-7-8-12-27(26)41-19-23-9-5-4-6-10-23/h4-12,29,32H,13-19H2,1-3H3. The van der Waals surface area contributed by atoms with Gasteiger partial charge in [-0.3, -0.25) is 24.5 Å². The second kappa shape index (κ2) is 15.7. The molecule has 42 heavy (non-hydrogen) atoms. The number of nitrogens with one attached hydrogen (secondary N) is 1. The van der Waals surface area contributed by atoms with Crippen molar-refractivity contribution in [1.29, 1.82) is 0 Å². The second-order valence-electron chi connectivity index (χ2n) is 9.73. The number of benzene rings is 2. The highest BCUT2D eigenvalue weighted by Gasteiger charge is 2.42. The van der Waals surface area contributed by atoms with Crippen LogP contribution in [0.15, 0.2) is 77.3 Å². The van der Waals surface area contributed by atoms with Gasteiger partial charge >= 0.3 is 5.97 Å².